The molecule has 6 nitrogen and oxygen atoms in total. The molecule has 1 unspecified atom stereocenters. The first kappa shape index (κ1) is 20.6. The molecule has 2 aromatic rings. The van der Waals surface area contributed by atoms with Crippen molar-refractivity contribution in [2.75, 3.05) is 31.1 Å². The summed E-state index contributed by atoms with van der Waals surface area (Å²) in [5.41, 5.74) is 0.00777. The van der Waals surface area contributed by atoms with Crippen molar-refractivity contribution in [3.8, 4) is 6.07 Å². The quantitative estimate of drug-likeness (QED) is 0.851. The Kier molecular flexibility index (Phi) is 5.75. The number of amides is 1. The number of nitriles is 1. The third-order valence-corrected chi connectivity index (χ3v) is 4.91. The molecule has 1 fully saturated rings. The molecule has 3 rings (SSSR count). The largest absolute Gasteiger partial charge is 0.417 e. The van der Waals surface area contributed by atoms with E-state index in [1.165, 1.54) is 17.2 Å². The van der Waals surface area contributed by atoms with Gasteiger partial charge in [-0.3, -0.25) is 9.78 Å². The van der Waals surface area contributed by atoms with Crippen molar-refractivity contribution >= 4 is 11.6 Å². The number of anilines is 1. The van der Waals surface area contributed by atoms with Gasteiger partial charge in [-0.05, 0) is 37.3 Å². The second-order valence-electron chi connectivity index (χ2n) is 6.81. The van der Waals surface area contributed by atoms with Crippen LogP contribution in [0.1, 0.15) is 27.2 Å². The van der Waals surface area contributed by atoms with Gasteiger partial charge in [0.1, 0.15) is 0 Å². The summed E-state index contributed by atoms with van der Waals surface area (Å²) in [7, 11) is 0. The number of carbonyl (C=O) groups excluding carboxylic acids is 1. The fraction of sp³-hybridized carbons (Fsp3) is 0.350. The summed E-state index contributed by atoms with van der Waals surface area (Å²) in [6.45, 7) is 2.18. The molecule has 9 heteroatoms. The lowest BCUT2D eigenvalue weighted by atomic mass is 10.0. The molecule has 1 aromatic carbocycles. The molecule has 29 heavy (non-hydrogen) atoms. The van der Waals surface area contributed by atoms with Gasteiger partial charge in [0.05, 0.1) is 35.4 Å². The van der Waals surface area contributed by atoms with Crippen molar-refractivity contribution in [2.45, 2.75) is 19.1 Å². The number of aliphatic hydroxyl groups excluding tert-OH is 1. The smallest absolute Gasteiger partial charge is 0.394 e. The summed E-state index contributed by atoms with van der Waals surface area (Å²) in [6, 6.07) is 7.87. The summed E-state index contributed by atoms with van der Waals surface area (Å²) in [5, 5.41) is 18.7. The third kappa shape index (κ3) is 4.32. The summed E-state index contributed by atoms with van der Waals surface area (Å²) >= 11 is 0. The molecule has 1 atom stereocenters. The fourth-order valence-electron chi connectivity index (χ4n) is 3.33. The average molecular weight is 404 g/mol. The standard InChI is InChI=1S/C20H19F3N4O2/c1-13-2-3-15(10-25-13)19(29)27-7-6-26(11-17(27)12-28)16-5-4-14(9-24)18(8-16)20(21,22)23/h2-5,8,10,17,28H,6-7,11-12H2,1H3. The molecule has 0 saturated carbocycles. The maximum atomic E-state index is 13.2. The van der Waals surface area contributed by atoms with Crippen molar-refractivity contribution in [1.82, 2.24) is 9.88 Å². The fourth-order valence-corrected chi connectivity index (χ4v) is 3.33. The molecular weight excluding hydrogens is 385 g/mol. The Morgan fingerprint density at radius 1 is 1.31 bits per heavy atom. The van der Waals surface area contributed by atoms with Crippen LogP contribution in [0.3, 0.4) is 0 Å². The molecule has 1 aromatic heterocycles. The molecule has 0 bridgehead atoms. The molecule has 0 radical (unpaired) electrons. The van der Waals surface area contributed by atoms with E-state index >= 15 is 0 Å². The van der Waals surface area contributed by atoms with E-state index in [-0.39, 0.29) is 25.6 Å². The minimum Gasteiger partial charge on any atom is -0.394 e. The molecule has 0 aliphatic carbocycles. The number of carbonyl (C=O) groups is 1. The van der Waals surface area contributed by atoms with Crippen molar-refractivity contribution in [1.29, 1.82) is 5.26 Å². The topological polar surface area (TPSA) is 80.5 Å². The Labute approximate surface area is 165 Å². The zero-order valence-electron chi connectivity index (χ0n) is 15.6. The highest BCUT2D eigenvalue weighted by Gasteiger charge is 2.35. The van der Waals surface area contributed by atoms with Crippen LogP contribution in [0.5, 0.6) is 0 Å². The van der Waals surface area contributed by atoms with E-state index in [9.17, 15) is 23.1 Å². The van der Waals surface area contributed by atoms with Gasteiger partial charge in [0.2, 0.25) is 0 Å². The number of alkyl halides is 3. The van der Waals surface area contributed by atoms with Gasteiger partial charge in [-0.1, -0.05) is 0 Å². The summed E-state index contributed by atoms with van der Waals surface area (Å²) < 4.78 is 39.7. The lowest BCUT2D eigenvalue weighted by molar-refractivity contribution is -0.137. The van der Waals surface area contributed by atoms with Crippen LogP contribution in [0.4, 0.5) is 18.9 Å². The first-order valence-corrected chi connectivity index (χ1v) is 8.95. The van der Waals surface area contributed by atoms with Crippen LogP contribution < -0.4 is 4.90 Å². The van der Waals surface area contributed by atoms with E-state index in [1.807, 2.05) is 0 Å². The Bertz CT molecular complexity index is 938. The first-order chi connectivity index (χ1) is 13.7. The second-order valence-corrected chi connectivity index (χ2v) is 6.81. The van der Waals surface area contributed by atoms with E-state index in [2.05, 4.69) is 4.98 Å². The zero-order chi connectivity index (χ0) is 21.2. The number of aromatic nitrogens is 1. The Morgan fingerprint density at radius 2 is 2.07 bits per heavy atom. The predicted octanol–water partition coefficient (Wildman–Crippen LogP) is 2.60. The number of aliphatic hydroxyl groups is 1. The van der Waals surface area contributed by atoms with Crippen LogP contribution in [0, 0.1) is 18.3 Å². The van der Waals surface area contributed by atoms with Gasteiger partial charge in [-0.25, -0.2) is 0 Å². The number of hydrogen-bond donors (Lipinski definition) is 1. The van der Waals surface area contributed by atoms with Gasteiger partial charge in [0.25, 0.3) is 5.91 Å². The van der Waals surface area contributed by atoms with Gasteiger partial charge in [-0.2, -0.15) is 18.4 Å². The average Bonchev–Trinajstić information content (AvgIpc) is 2.72. The molecule has 152 valence electrons. The number of nitrogens with zero attached hydrogens (tertiary/aromatic N) is 4. The number of halogens is 3. The van der Waals surface area contributed by atoms with Crippen LogP contribution in [-0.4, -0.2) is 53.2 Å². The second kappa shape index (κ2) is 8.09. The minimum atomic E-state index is -4.65. The van der Waals surface area contributed by atoms with Crippen LogP contribution >= 0.6 is 0 Å². The maximum Gasteiger partial charge on any atom is 0.417 e. The van der Waals surface area contributed by atoms with Gasteiger partial charge in [0, 0.05) is 37.2 Å². The molecule has 1 aliphatic rings. The van der Waals surface area contributed by atoms with Crippen molar-refractivity contribution in [3.05, 3.63) is 58.9 Å². The zero-order valence-corrected chi connectivity index (χ0v) is 15.6. The van der Waals surface area contributed by atoms with Crippen LogP contribution in [0.15, 0.2) is 36.5 Å². The number of rotatable bonds is 3. The number of hydrogen-bond acceptors (Lipinski definition) is 5. The SMILES string of the molecule is Cc1ccc(C(=O)N2CCN(c3ccc(C#N)c(C(F)(F)F)c3)CC2CO)cn1. The van der Waals surface area contributed by atoms with Crippen molar-refractivity contribution in [2.24, 2.45) is 0 Å². The summed E-state index contributed by atoms with van der Waals surface area (Å²) in [6.07, 6.45) is -3.18. The Morgan fingerprint density at radius 3 is 2.66 bits per heavy atom. The number of pyridine rings is 1. The van der Waals surface area contributed by atoms with Crippen LogP contribution in [-0.2, 0) is 6.18 Å². The van der Waals surface area contributed by atoms with E-state index in [0.29, 0.717) is 17.8 Å². The highest BCUT2D eigenvalue weighted by atomic mass is 19.4. The van der Waals surface area contributed by atoms with Crippen LogP contribution in [0.2, 0.25) is 0 Å². The predicted molar refractivity (Wildman–Crippen MR) is 99.3 cm³/mol. The highest BCUT2D eigenvalue weighted by molar-refractivity contribution is 5.94. The molecule has 1 aliphatic heterocycles. The van der Waals surface area contributed by atoms with Gasteiger partial charge in [-0.15, -0.1) is 0 Å². The van der Waals surface area contributed by atoms with Gasteiger partial charge >= 0.3 is 6.18 Å². The molecule has 1 saturated heterocycles. The number of benzene rings is 1. The molecule has 1 N–H and O–H groups in total. The normalized spacial score (nSPS) is 17.2. The van der Waals surface area contributed by atoms with Crippen molar-refractivity contribution in [3.63, 3.8) is 0 Å². The highest BCUT2D eigenvalue weighted by Crippen LogP contribution is 2.35. The monoisotopic (exact) mass is 404 g/mol. The molecule has 0 spiro atoms. The molecule has 2 heterocycles. The van der Waals surface area contributed by atoms with E-state index in [1.54, 1.807) is 30.0 Å². The summed E-state index contributed by atoms with van der Waals surface area (Å²) in [4.78, 5) is 20.1. The number of aryl methyl sites for hydroxylation is 1. The Hall–Kier alpha value is -3.12. The van der Waals surface area contributed by atoms with E-state index in [0.717, 1.165) is 17.8 Å². The lowest BCUT2D eigenvalue weighted by Crippen LogP contribution is -2.56. The van der Waals surface area contributed by atoms with E-state index < -0.39 is 23.3 Å². The Balaban J connectivity index is 1.82. The lowest BCUT2D eigenvalue weighted by Gasteiger charge is -2.42. The minimum absolute atomic E-state index is 0.171. The van der Waals surface area contributed by atoms with Crippen LogP contribution in [0.25, 0.3) is 0 Å². The number of piperazine rings is 1. The third-order valence-electron chi connectivity index (χ3n) is 4.91. The van der Waals surface area contributed by atoms with E-state index in [4.69, 9.17) is 5.26 Å². The summed E-state index contributed by atoms with van der Waals surface area (Å²) in [5.74, 6) is -0.285. The molecular formula is C20H19F3N4O2. The first-order valence-electron chi connectivity index (χ1n) is 8.95. The maximum absolute atomic E-state index is 13.2. The molecule has 1 amide bonds. The van der Waals surface area contributed by atoms with Crippen molar-refractivity contribution < 1.29 is 23.1 Å². The van der Waals surface area contributed by atoms with Gasteiger partial charge in [0.15, 0.2) is 0 Å². The van der Waals surface area contributed by atoms with Gasteiger partial charge < -0.3 is 14.9 Å².